The van der Waals surface area contributed by atoms with Gasteiger partial charge >= 0.3 is 0 Å². The summed E-state index contributed by atoms with van der Waals surface area (Å²) in [6.07, 6.45) is 4.94. The molecular formula is C9H16N4O. The second-order valence-corrected chi connectivity index (χ2v) is 4.01. The number of aryl methyl sites for hydroxylation is 1. The van der Waals surface area contributed by atoms with Gasteiger partial charge in [-0.3, -0.25) is 0 Å². The first-order valence-electron chi connectivity index (χ1n) is 5.16. The highest BCUT2D eigenvalue weighted by Gasteiger charge is 2.24. The van der Waals surface area contributed by atoms with E-state index in [1.54, 1.807) is 7.05 Å². The predicted octanol–water partition coefficient (Wildman–Crippen LogP) is 0.304. The first-order valence-corrected chi connectivity index (χ1v) is 5.16. The van der Waals surface area contributed by atoms with E-state index in [1.807, 2.05) is 0 Å². The molecule has 14 heavy (non-hydrogen) atoms. The van der Waals surface area contributed by atoms with Gasteiger partial charge in [-0.05, 0) is 24.0 Å². The molecule has 0 amide bonds. The van der Waals surface area contributed by atoms with Crippen molar-refractivity contribution < 1.29 is 5.11 Å². The lowest BCUT2D eigenvalue weighted by molar-refractivity contribution is 0.0689. The number of nitrogens with zero attached hydrogens (tertiary/aromatic N) is 4. The quantitative estimate of drug-likeness (QED) is 0.739. The van der Waals surface area contributed by atoms with Crippen LogP contribution in [0.2, 0.25) is 0 Å². The molecule has 2 unspecified atom stereocenters. The predicted molar refractivity (Wildman–Crippen MR) is 50.5 cm³/mol. The van der Waals surface area contributed by atoms with Crippen LogP contribution in [0.5, 0.6) is 0 Å². The fraction of sp³-hybridized carbons (Fsp3) is 0.889. The van der Waals surface area contributed by atoms with Crippen molar-refractivity contribution in [3.05, 3.63) is 5.82 Å². The molecule has 0 aromatic carbocycles. The van der Waals surface area contributed by atoms with Gasteiger partial charge < -0.3 is 5.11 Å². The molecule has 1 fully saturated rings. The fourth-order valence-corrected chi connectivity index (χ4v) is 2.07. The molecule has 5 heteroatoms. The van der Waals surface area contributed by atoms with Crippen LogP contribution in [-0.4, -0.2) is 31.4 Å². The monoisotopic (exact) mass is 196 g/mol. The Kier molecular flexibility index (Phi) is 2.77. The maximum Gasteiger partial charge on any atom is 0.175 e. The van der Waals surface area contributed by atoms with Crippen LogP contribution in [0.15, 0.2) is 0 Å². The average Bonchev–Trinajstić information content (AvgIpc) is 2.56. The molecule has 5 nitrogen and oxygen atoms in total. The highest BCUT2D eigenvalue weighted by atomic mass is 16.3. The standard InChI is InChI=1S/C9H16N4O/c1-13-11-9(10-12-13)6-7-4-2-3-5-8(7)14/h7-8,14H,2-6H2,1H3. The Morgan fingerprint density at radius 3 is 2.86 bits per heavy atom. The average molecular weight is 196 g/mol. The van der Waals surface area contributed by atoms with Crippen LogP contribution in [0.1, 0.15) is 31.5 Å². The number of aromatic nitrogens is 4. The maximum absolute atomic E-state index is 9.75. The summed E-state index contributed by atoms with van der Waals surface area (Å²) in [5.74, 6) is 1.08. The first-order chi connectivity index (χ1) is 6.75. The minimum atomic E-state index is -0.174. The molecule has 1 N–H and O–H groups in total. The van der Waals surface area contributed by atoms with Crippen LogP contribution < -0.4 is 0 Å². The van der Waals surface area contributed by atoms with Crippen molar-refractivity contribution in [2.45, 2.75) is 38.2 Å². The summed E-state index contributed by atoms with van der Waals surface area (Å²) < 4.78 is 0. The number of rotatable bonds is 2. The summed E-state index contributed by atoms with van der Waals surface area (Å²) in [5, 5.41) is 21.6. The number of hydrogen-bond acceptors (Lipinski definition) is 4. The molecule has 1 aliphatic rings. The molecule has 78 valence electrons. The van der Waals surface area contributed by atoms with Crippen molar-refractivity contribution >= 4 is 0 Å². The molecular weight excluding hydrogens is 180 g/mol. The van der Waals surface area contributed by atoms with Gasteiger partial charge in [0.15, 0.2) is 5.82 Å². The second kappa shape index (κ2) is 4.04. The van der Waals surface area contributed by atoms with Crippen molar-refractivity contribution in [3.63, 3.8) is 0 Å². The van der Waals surface area contributed by atoms with Gasteiger partial charge in [-0.15, -0.1) is 10.2 Å². The van der Waals surface area contributed by atoms with Crippen LogP contribution >= 0.6 is 0 Å². The van der Waals surface area contributed by atoms with Gasteiger partial charge in [0.25, 0.3) is 0 Å². The minimum absolute atomic E-state index is 0.174. The van der Waals surface area contributed by atoms with E-state index in [2.05, 4.69) is 15.4 Å². The Labute approximate surface area is 83.1 Å². The third-order valence-corrected chi connectivity index (χ3v) is 2.86. The summed E-state index contributed by atoms with van der Waals surface area (Å²) in [4.78, 5) is 1.46. The Morgan fingerprint density at radius 1 is 1.43 bits per heavy atom. The first kappa shape index (κ1) is 9.58. The normalized spacial score (nSPS) is 27.9. The molecule has 1 heterocycles. The number of aliphatic hydroxyl groups is 1. The third-order valence-electron chi connectivity index (χ3n) is 2.86. The van der Waals surface area contributed by atoms with Gasteiger partial charge in [0, 0.05) is 6.42 Å². The van der Waals surface area contributed by atoms with E-state index in [1.165, 1.54) is 11.2 Å². The molecule has 0 spiro atoms. The molecule has 1 aromatic rings. The molecule has 1 saturated carbocycles. The molecule has 1 aromatic heterocycles. The van der Waals surface area contributed by atoms with Gasteiger partial charge in [-0.1, -0.05) is 12.8 Å². The lowest BCUT2D eigenvalue weighted by atomic mass is 9.84. The molecule has 0 aliphatic heterocycles. The maximum atomic E-state index is 9.75. The Balaban J connectivity index is 1.95. The van der Waals surface area contributed by atoms with Gasteiger partial charge in [0.2, 0.25) is 0 Å². The molecule has 0 saturated heterocycles. The molecule has 0 radical (unpaired) electrons. The van der Waals surface area contributed by atoms with E-state index in [0.29, 0.717) is 5.92 Å². The van der Waals surface area contributed by atoms with Gasteiger partial charge in [-0.25, -0.2) is 0 Å². The molecule has 1 aliphatic carbocycles. The van der Waals surface area contributed by atoms with Crippen molar-refractivity contribution in [2.75, 3.05) is 0 Å². The number of hydrogen-bond donors (Lipinski definition) is 1. The van der Waals surface area contributed by atoms with E-state index < -0.39 is 0 Å². The summed E-state index contributed by atoms with van der Waals surface area (Å²) in [6, 6.07) is 0. The molecule has 0 bridgehead atoms. The fourth-order valence-electron chi connectivity index (χ4n) is 2.07. The summed E-state index contributed by atoms with van der Waals surface area (Å²) in [7, 11) is 1.76. The minimum Gasteiger partial charge on any atom is -0.393 e. The number of aliphatic hydroxyl groups excluding tert-OH is 1. The van der Waals surface area contributed by atoms with Gasteiger partial charge in [-0.2, -0.15) is 4.80 Å². The van der Waals surface area contributed by atoms with E-state index in [4.69, 9.17) is 0 Å². The smallest absolute Gasteiger partial charge is 0.175 e. The van der Waals surface area contributed by atoms with Crippen molar-refractivity contribution in [1.82, 2.24) is 20.2 Å². The van der Waals surface area contributed by atoms with Crippen LogP contribution in [0.4, 0.5) is 0 Å². The van der Waals surface area contributed by atoms with Crippen LogP contribution in [0.3, 0.4) is 0 Å². The summed E-state index contributed by atoms with van der Waals surface area (Å²) in [6.45, 7) is 0. The zero-order valence-electron chi connectivity index (χ0n) is 8.43. The highest BCUT2D eigenvalue weighted by molar-refractivity contribution is 4.85. The Hall–Kier alpha value is -0.970. The van der Waals surface area contributed by atoms with E-state index in [-0.39, 0.29) is 6.10 Å². The highest BCUT2D eigenvalue weighted by Crippen LogP contribution is 2.26. The lowest BCUT2D eigenvalue weighted by Gasteiger charge is -2.26. The summed E-state index contributed by atoms with van der Waals surface area (Å²) in [5.41, 5.74) is 0. The van der Waals surface area contributed by atoms with Crippen LogP contribution in [0, 0.1) is 5.92 Å². The largest absolute Gasteiger partial charge is 0.393 e. The third kappa shape index (κ3) is 2.09. The topological polar surface area (TPSA) is 63.8 Å². The van der Waals surface area contributed by atoms with Crippen molar-refractivity contribution in [3.8, 4) is 0 Å². The van der Waals surface area contributed by atoms with Gasteiger partial charge in [0.1, 0.15) is 0 Å². The van der Waals surface area contributed by atoms with Gasteiger partial charge in [0.05, 0.1) is 13.2 Å². The van der Waals surface area contributed by atoms with E-state index in [0.717, 1.165) is 31.5 Å². The zero-order chi connectivity index (χ0) is 9.97. The second-order valence-electron chi connectivity index (χ2n) is 4.01. The van der Waals surface area contributed by atoms with E-state index in [9.17, 15) is 5.11 Å². The molecule has 2 rings (SSSR count). The molecule has 2 atom stereocenters. The Morgan fingerprint density at radius 2 is 2.21 bits per heavy atom. The Bertz CT molecular complexity index is 299. The SMILES string of the molecule is Cn1nnc(CC2CCCCC2O)n1. The van der Waals surface area contributed by atoms with Crippen molar-refractivity contribution in [1.29, 1.82) is 0 Å². The zero-order valence-corrected chi connectivity index (χ0v) is 8.43. The van der Waals surface area contributed by atoms with E-state index >= 15 is 0 Å². The summed E-state index contributed by atoms with van der Waals surface area (Å²) >= 11 is 0. The lowest BCUT2D eigenvalue weighted by Crippen LogP contribution is -2.26. The number of tetrazole rings is 1. The van der Waals surface area contributed by atoms with Crippen LogP contribution in [-0.2, 0) is 13.5 Å². The van der Waals surface area contributed by atoms with Crippen LogP contribution in [0.25, 0.3) is 0 Å². The van der Waals surface area contributed by atoms with Crippen molar-refractivity contribution in [2.24, 2.45) is 13.0 Å².